The summed E-state index contributed by atoms with van der Waals surface area (Å²) in [6.07, 6.45) is 6.89. The first-order valence-electron chi connectivity index (χ1n) is 12.5. The largest absolute Gasteiger partial charge is 0.381 e. The van der Waals surface area contributed by atoms with Gasteiger partial charge in [-0.2, -0.15) is 9.78 Å². The fourth-order valence-corrected chi connectivity index (χ4v) is 4.38. The highest BCUT2D eigenvalue weighted by Gasteiger charge is 2.25. The maximum Gasteiger partial charge on any atom is 0.273 e. The van der Waals surface area contributed by atoms with Gasteiger partial charge in [-0.25, -0.2) is 9.37 Å². The third-order valence-corrected chi connectivity index (χ3v) is 6.75. The number of pyridine rings is 1. The lowest BCUT2D eigenvalue weighted by molar-refractivity contribution is 0.102. The van der Waals surface area contributed by atoms with Gasteiger partial charge in [-0.3, -0.25) is 14.9 Å². The van der Waals surface area contributed by atoms with Crippen molar-refractivity contribution in [2.24, 2.45) is 5.92 Å². The number of nitrogens with one attached hydrogen (secondary N) is 2. The maximum atomic E-state index is 14.2. The van der Waals surface area contributed by atoms with Crippen molar-refractivity contribution < 1.29 is 9.18 Å². The van der Waals surface area contributed by atoms with Crippen LogP contribution in [0.2, 0.25) is 0 Å². The van der Waals surface area contributed by atoms with Gasteiger partial charge < -0.3 is 5.32 Å². The number of halogens is 2. The van der Waals surface area contributed by atoms with Gasteiger partial charge in [0, 0.05) is 35.5 Å². The lowest BCUT2D eigenvalue weighted by Gasteiger charge is -2.23. The molecule has 202 valence electrons. The number of nitrogens with zero attached hydrogens (tertiary/aromatic N) is 5. The Kier molecular flexibility index (Phi) is 8.89. The fourth-order valence-electron chi connectivity index (χ4n) is 3.55. The number of hydrogen-bond acceptors (Lipinski definition) is 8. The Bertz CT molecular complexity index is 1560. The van der Waals surface area contributed by atoms with E-state index >= 15 is 0 Å². The van der Waals surface area contributed by atoms with E-state index in [0.717, 1.165) is 28.9 Å². The highest BCUT2D eigenvalue weighted by atomic mass is 35.5. The second-order valence-electron chi connectivity index (χ2n) is 8.72. The molecule has 1 aliphatic carbocycles. The molecule has 2 unspecified atom stereocenters. The summed E-state index contributed by atoms with van der Waals surface area (Å²) in [5, 5.41) is 18.8. The zero-order chi connectivity index (χ0) is 28.1. The summed E-state index contributed by atoms with van der Waals surface area (Å²) in [6.45, 7) is 7.17. The molecule has 1 amide bonds. The van der Waals surface area contributed by atoms with Gasteiger partial charge in [0.25, 0.3) is 11.5 Å². The molecule has 9 nitrogen and oxygen atoms in total. The molecule has 1 aliphatic heterocycles. The van der Waals surface area contributed by atoms with Crippen molar-refractivity contribution in [3.05, 3.63) is 73.9 Å². The molecule has 0 spiro atoms. The second-order valence-corrected chi connectivity index (χ2v) is 10.1. The average Bonchev–Trinajstić information content (AvgIpc) is 3.65. The van der Waals surface area contributed by atoms with Gasteiger partial charge >= 0.3 is 0 Å². The second kappa shape index (κ2) is 12.3. The van der Waals surface area contributed by atoms with E-state index in [1.807, 2.05) is 13.8 Å². The summed E-state index contributed by atoms with van der Waals surface area (Å²) in [5.74, 6) is 6.15. The normalized spacial score (nSPS) is 16.8. The molecular weight excluding hydrogens is 541 g/mol. The van der Waals surface area contributed by atoms with Crippen molar-refractivity contribution in [2.75, 3.05) is 5.32 Å². The number of alkyl halides is 1. The molecule has 2 atom stereocenters. The number of dihydropyridines is 1. The fraction of sp³-hybridized carbons (Fsp3) is 0.333. The number of carbonyl (C=O) groups is 1. The van der Waals surface area contributed by atoms with E-state index < -0.39 is 18.1 Å². The van der Waals surface area contributed by atoms with Crippen LogP contribution in [0, 0.1) is 24.7 Å². The topological polar surface area (TPSA) is 115 Å². The summed E-state index contributed by atoms with van der Waals surface area (Å²) in [7, 11) is 0. The standard InChI is InChI=1S/C25H21ClFN7O2S.C2H6/c1-13-7-23(35)34(30-10-13)21-9-16(17-8-20(14(2)27)28-12-19(17)26)18(11-29-21)24(36)31-25-33-32-22(37-25)6-5-15-3-4-15;1-2/h7-12,14-15,20,28H,3-4H2,1-2H3,(H,31,33,36);1-2H3. The van der Waals surface area contributed by atoms with Crippen molar-refractivity contribution >= 4 is 39.5 Å². The molecule has 4 heterocycles. The van der Waals surface area contributed by atoms with Crippen LogP contribution in [0.25, 0.3) is 11.4 Å². The number of aryl methyl sites for hydroxylation is 1. The van der Waals surface area contributed by atoms with Crippen molar-refractivity contribution in [3.8, 4) is 17.7 Å². The van der Waals surface area contributed by atoms with Crippen LogP contribution in [-0.4, -0.2) is 43.1 Å². The van der Waals surface area contributed by atoms with E-state index in [2.05, 4.69) is 42.8 Å². The molecule has 3 aromatic heterocycles. The van der Waals surface area contributed by atoms with Crippen molar-refractivity contribution in [1.82, 2.24) is 30.3 Å². The molecule has 5 rings (SSSR count). The number of allylic oxidation sites excluding steroid dienone is 2. The first-order valence-corrected chi connectivity index (χ1v) is 13.7. The minimum atomic E-state index is -1.23. The van der Waals surface area contributed by atoms with Crippen LogP contribution >= 0.6 is 22.9 Å². The Hall–Kier alpha value is -3.88. The molecule has 0 saturated heterocycles. The number of anilines is 1. The Labute approximate surface area is 234 Å². The Morgan fingerprint density at radius 2 is 2.05 bits per heavy atom. The lowest BCUT2D eigenvalue weighted by Crippen LogP contribution is -2.33. The van der Waals surface area contributed by atoms with E-state index in [1.54, 1.807) is 13.0 Å². The molecule has 0 bridgehead atoms. The van der Waals surface area contributed by atoms with E-state index in [4.69, 9.17) is 11.6 Å². The van der Waals surface area contributed by atoms with Crippen LogP contribution in [0.15, 0.2) is 46.6 Å². The number of aromatic nitrogens is 5. The SMILES string of the molecule is CC.Cc1cnn(-c2cc(C3=CC(C(C)F)NC=C3Cl)c(C(=O)Nc3nnc(C#CC4CC4)s3)cn2)c(=O)c1. The highest BCUT2D eigenvalue weighted by Crippen LogP contribution is 2.33. The highest BCUT2D eigenvalue weighted by molar-refractivity contribution is 7.15. The Balaban J connectivity index is 0.00000172. The van der Waals surface area contributed by atoms with Crippen LogP contribution in [0.1, 0.15) is 60.1 Å². The summed E-state index contributed by atoms with van der Waals surface area (Å²) >= 11 is 7.64. The Morgan fingerprint density at radius 3 is 2.74 bits per heavy atom. The van der Waals surface area contributed by atoms with Crippen LogP contribution in [-0.2, 0) is 0 Å². The number of rotatable bonds is 5. The summed E-state index contributed by atoms with van der Waals surface area (Å²) in [6, 6.07) is 2.28. The third-order valence-electron chi connectivity index (χ3n) is 5.68. The summed E-state index contributed by atoms with van der Waals surface area (Å²) in [4.78, 5) is 30.2. The molecule has 2 N–H and O–H groups in total. The van der Waals surface area contributed by atoms with Crippen molar-refractivity contribution in [1.29, 1.82) is 0 Å². The molecule has 0 radical (unpaired) electrons. The average molecular weight is 568 g/mol. The van der Waals surface area contributed by atoms with Crippen molar-refractivity contribution in [2.45, 2.75) is 52.8 Å². The number of amides is 1. The van der Waals surface area contributed by atoms with Gasteiger partial charge in [-0.15, -0.1) is 10.2 Å². The third kappa shape index (κ3) is 6.77. The van der Waals surface area contributed by atoms with Gasteiger partial charge in [-0.05, 0) is 44.2 Å². The van der Waals surface area contributed by atoms with E-state index in [0.29, 0.717) is 27.6 Å². The van der Waals surface area contributed by atoms with Crippen LogP contribution in [0.3, 0.4) is 0 Å². The zero-order valence-corrected chi connectivity index (χ0v) is 23.4. The predicted octanol–water partition coefficient (Wildman–Crippen LogP) is 4.62. The molecule has 12 heteroatoms. The molecule has 2 aliphatic rings. The quantitative estimate of drug-likeness (QED) is 0.432. The molecule has 1 fully saturated rings. The zero-order valence-electron chi connectivity index (χ0n) is 21.8. The first kappa shape index (κ1) is 28.1. The minimum absolute atomic E-state index is 0.148. The van der Waals surface area contributed by atoms with E-state index in [9.17, 15) is 14.0 Å². The van der Waals surface area contributed by atoms with Gasteiger partial charge in [0.05, 0.1) is 22.8 Å². The molecular formula is C27H27ClFN7O2S. The molecule has 1 saturated carbocycles. The van der Waals surface area contributed by atoms with Gasteiger partial charge in [-0.1, -0.05) is 48.8 Å². The van der Waals surface area contributed by atoms with Crippen molar-refractivity contribution in [3.63, 3.8) is 0 Å². The smallest absolute Gasteiger partial charge is 0.273 e. The molecule has 3 aromatic rings. The van der Waals surface area contributed by atoms with E-state index in [-0.39, 0.29) is 27.1 Å². The van der Waals surface area contributed by atoms with Crippen LogP contribution < -0.4 is 16.2 Å². The predicted molar refractivity (Wildman–Crippen MR) is 151 cm³/mol. The monoisotopic (exact) mass is 567 g/mol. The maximum absolute atomic E-state index is 14.2. The molecule has 0 aromatic carbocycles. The van der Waals surface area contributed by atoms with Gasteiger partial charge in [0.1, 0.15) is 6.17 Å². The van der Waals surface area contributed by atoms with Gasteiger partial charge in [0.2, 0.25) is 5.13 Å². The van der Waals surface area contributed by atoms with Gasteiger partial charge in [0.15, 0.2) is 10.8 Å². The lowest BCUT2D eigenvalue weighted by atomic mass is 9.95. The Morgan fingerprint density at radius 1 is 1.28 bits per heavy atom. The molecule has 39 heavy (non-hydrogen) atoms. The van der Waals surface area contributed by atoms with Crippen LogP contribution in [0.4, 0.5) is 9.52 Å². The van der Waals surface area contributed by atoms with Crippen LogP contribution in [0.5, 0.6) is 0 Å². The number of carbonyl (C=O) groups excluding carboxylic acids is 1. The number of hydrogen-bond donors (Lipinski definition) is 2. The minimum Gasteiger partial charge on any atom is -0.381 e. The summed E-state index contributed by atoms with van der Waals surface area (Å²) < 4.78 is 15.3. The first-order chi connectivity index (χ1) is 18.8. The van der Waals surface area contributed by atoms with E-state index in [1.165, 1.54) is 37.7 Å². The summed E-state index contributed by atoms with van der Waals surface area (Å²) in [5.41, 5.74) is 1.22.